The van der Waals surface area contributed by atoms with E-state index in [4.69, 9.17) is 5.11 Å². The Morgan fingerprint density at radius 2 is 2.04 bits per heavy atom. The van der Waals surface area contributed by atoms with E-state index in [1.807, 2.05) is 29.8 Å². The number of fused-ring (bicyclic) bond motifs is 3. The minimum Gasteiger partial charge on any atom is -0.387 e. The Bertz CT molecular complexity index is 1030. The number of nitrogens with zero attached hydrogens (tertiary/aromatic N) is 4. The van der Waals surface area contributed by atoms with Crippen LogP contribution in [0.4, 0.5) is 0 Å². The number of aryl methyl sites for hydroxylation is 2. The van der Waals surface area contributed by atoms with Crippen LogP contribution in [0.3, 0.4) is 0 Å². The fourth-order valence-corrected chi connectivity index (χ4v) is 3.41. The van der Waals surface area contributed by atoms with E-state index >= 15 is 0 Å². The highest BCUT2D eigenvalue weighted by molar-refractivity contribution is 6.04. The number of aliphatic hydroxyl groups excluding tert-OH is 1. The highest BCUT2D eigenvalue weighted by atomic mass is 16.3. The molecule has 4 rings (SSSR count). The Labute approximate surface area is 137 Å². The molecular formula is C17H18N4O3. The molecule has 0 unspecified atom stereocenters. The van der Waals surface area contributed by atoms with E-state index < -0.39 is 6.61 Å². The summed E-state index contributed by atoms with van der Waals surface area (Å²) in [5.41, 5.74) is 1.76. The highest BCUT2D eigenvalue weighted by Gasteiger charge is 2.33. The number of benzene rings is 1. The summed E-state index contributed by atoms with van der Waals surface area (Å²) in [5, 5.41) is 15.9. The van der Waals surface area contributed by atoms with Gasteiger partial charge < -0.3 is 10.0 Å². The minimum atomic E-state index is -0.477. The summed E-state index contributed by atoms with van der Waals surface area (Å²) >= 11 is 0. The van der Waals surface area contributed by atoms with E-state index in [-0.39, 0.29) is 17.5 Å². The van der Waals surface area contributed by atoms with E-state index in [0.717, 1.165) is 22.0 Å². The number of aliphatic hydroxyl groups is 1. The molecule has 0 atom stereocenters. The molecule has 24 heavy (non-hydrogen) atoms. The lowest BCUT2D eigenvalue weighted by Gasteiger charge is -2.39. The van der Waals surface area contributed by atoms with Crippen LogP contribution in [0.5, 0.6) is 0 Å². The molecule has 1 saturated heterocycles. The van der Waals surface area contributed by atoms with Gasteiger partial charge in [-0.05, 0) is 18.4 Å². The molecular weight excluding hydrogens is 308 g/mol. The topological polar surface area (TPSA) is 80.4 Å². The Balaban J connectivity index is 1.86. The van der Waals surface area contributed by atoms with Crippen LogP contribution < -0.4 is 5.56 Å². The molecule has 0 aliphatic carbocycles. The van der Waals surface area contributed by atoms with Gasteiger partial charge >= 0.3 is 0 Å². The molecule has 0 bridgehead atoms. The molecule has 1 amide bonds. The maximum absolute atomic E-state index is 12.7. The fourth-order valence-electron chi connectivity index (χ4n) is 3.41. The van der Waals surface area contributed by atoms with E-state index in [2.05, 4.69) is 5.10 Å². The van der Waals surface area contributed by atoms with E-state index in [1.165, 1.54) is 0 Å². The second-order valence-corrected chi connectivity index (χ2v) is 6.35. The third-order valence-corrected chi connectivity index (χ3v) is 4.78. The maximum Gasteiger partial charge on any atom is 0.259 e. The van der Waals surface area contributed by atoms with Gasteiger partial charge in [0.05, 0.1) is 12.2 Å². The monoisotopic (exact) mass is 326 g/mol. The average Bonchev–Trinajstić information content (AvgIpc) is 2.95. The lowest BCUT2D eigenvalue weighted by atomic mass is 10.1. The molecule has 0 saturated carbocycles. The zero-order chi connectivity index (χ0) is 17.0. The van der Waals surface area contributed by atoms with Crippen LogP contribution >= 0.6 is 0 Å². The van der Waals surface area contributed by atoms with Gasteiger partial charge in [-0.25, -0.2) is 4.68 Å². The van der Waals surface area contributed by atoms with Crippen molar-refractivity contribution in [3.05, 3.63) is 40.3 Å². The second-order valence-electron chi connectivity index (χ2n) is 6.35. The van der Waals surface area contributed by atoms with Gasteiger partial charge in [-0.2, -0.15) is 5.10 Å². The molecule has 7 nitrogen and oxygen atoms in total. The quantitative estimate of drug-likeness (QED) is 0.747. The van der Waals surface area contributed by atoms with Gasteiger partial charge in [0.25, 0.3) is 5.56 Å². The van der Waals surface area contributed by atoms with Gasteiger partial charge in [-0.1, -0.05) is 17.7 Å². The zero-order valence-electron chi connectivity index (χ0n) is 13.6. The van der Waals surface area contributed by atoms with Gasteiger partial charge in [0.15, 0.2) is 0 Å². The Hall–Kier alpha value is -2.67. The van der Waals surface area contributed by atoms with Crippen molar-refractivity contribution < 1.29 is 9.90 Å². The molecule has 1 fully saturated rings. The molecule has 3 aromatic rings. The van der Waals surface area contributed by atoms with Crippen LogP contribution in [0.15, 0.2) is 29.2 Å². The summed E-state index contributed by atoms with van der Waals surface area (Å²) in [6, 6.07) is 5.87. The number of carbonyl (C=O) groups excluding carboxylic acids is 1. The van der Waals surface area contributed by atoms with E-state index in [0.29, 0.717) is 18.5 Å². The van der Waals surface area contributed by atoms with Gasteiger partial charge in [0.1, 0.15) is 12.3 Å². The molecule has 3 heterocycles. The number of carbonyl (C=O) groups is 1. The molecule has 1 N–H and O–H groups in total. The number of rotatable bonds is 2. The smallest absolute Gasteiger partial charge is 0.259 e. The van der Waals surface area contributed by atoms with Crippen molar-refractivity contribution in [3.8, 4) is 0 Å². The number of amides is 1. The van der Waals surface area contributed by atoms with Crippen molar-refractivity contribution in [2.75, 3.05) is 19.7 Å². The number of hydrogen-bond acceptors (Lipinski definition) is 4. The summed E-state index contributed by atoms with van der Waals surface area (Å²) in [6.45, 7) is 2.48. The molecule has 1 aliphatic heterocycles. The molecule has 0 spiro atoms. The number of likely N-dealkylation sites (tertiary alicyclic amines) is 1. The van der Waals surface area contributed by atoms with Gasteiger partial charge in [0.2, 0.25) is 5.91 Å². The van der Waals surface area contributed by atoms with Gasteiger partial charge in [-0.15, -0.1) is 0 Å². The summed E-state index contributed by atoms with van der Waals surface area (Å²) in [7, 11) is 1.75. The van der Waals surface area contributed by atoms with E-state index in [9.17, 15) is 9.59 Å². The van der Waals surface area contributed by atoms with Crippen LogP contribution in [0, 0.1) is 6.92 Å². The number of aromatic nitrogens is 3. The van der Waals surface area contributed by atoms with E-state index in [1.54, 1.807) is 22.7 Å². The predicted octanol–water partition coefficient (Wildman–Crippen LogP) is 0.572. The molecule has 1 aromatic carbocycles. The first kappa shape index (κ1) is 14.9. The van der Waals surface area contributed by atoms with Crippen molar-refractivity contribution in [1.82, 2.24) is 19.2 Å². The van der Waals surface area contributed by atoms with Crippen LogP contribution in [-0.4, -0.2) is 50.0 Å². The average molecular weight is 326 g/mol. The third-order valence-electron chi connectivity index (χ3n) is 4.78. The Morgan fingerprint density at radius 3 is 2.75 bits per heavy atom. The Morgan fingerprint density at radius 1 is 1.29 bits per heavy atom. The molecule has 7 heteroatoms. The highest BCUT2D eigenvalue weighted by Crippen LogP contribution is 2.28. The third kappa shape index (κ3) is 1.98. The number of pyridine rings is 1. The van der Waals surface area contributed by atoms with Crippen LogP contribution in [0.1, 0.15) is 11.6 Å². The first-order valence-electron chi connectivity index (χ1n) is 7.86. The molecule has 2 aromatic heterocycles. The largest absolute Gasteiger partial charge is 0.387 e. The van der Waals surface area contributed by atoms with Crippen LogP contribution in [0.25, 0.3) is 21.8 Å². The summed E-state index contributed by atoms with van der Waals surface area (Å²) < 4.78 is 3.44. The van der Waals surface area contributed by atoms with Crippen LogP contribution in [-0.2, 0) is 11.8 Å². The summed E-state index contributed by atoms with van der Waals surface area (Å²) in [4.78, 5) is 25.8. The number of hydrogen-bond donors (Lipinski definition) is 1. The molecule has 0 radical (unpaired) electrons. The van der Waals surface area contributed by atoms with Crippen molar-refractivity contribution in [3.63, 3.8) is 0 Å². The molecule has 1 aliphatic rings. The van der Waals surface area contributed by atoms with Crippen molar-refractivity contribution in [2.45, 2.75) is 13.0 Å². The lowest BCUT2D eigenvalue weighted by molar-refractivity contribution is -0.140. The lowest BCUT2D eigenvalue weighted by Crippen LogP contribution is -2.52. The van der Waals surface area contributed by atoms with Crippen LogP contribution in [0.2, 0.25) is 0 Å². The minimum absolute atomic E-state index is 0.0199. The van der Waals surface area contributed by atoms with Gasteiger partial charge in [0, 0.05) is 30.9 Å². The SMILES string of the molecule is Cc1ccc2c(c1)c(=O)n(C)c1c2cnn1C1CN(C(=O)CO)C1. The maximum atomic E-state index is 12.7. The predicted molar refractivity (Wildman–Crippen MR) is 89.9 cm³/mol. The fraction of sp³-hybridized carbons (Fsp3) is 0.353. The van der Waals surface area contributed by atoms with Crippen molar-refractivity contribution >= 4 is 27.7 Å². The normalized spacial score (nSPS) is 15.2. The standard InChI is InChI=1S/C17H18N4O3/c1-10-3-4-12-13(5-10)17(24)19(2)16-14(12)6-18-21(16)11-7-20(8-11)15(23)9-22/h3-6,11,22H,7-9H2,1-2H3. The zero-order valence-corrected chi connectivity index (χ0v) is 13.6. The van der Waals surface area contributed by atoms with Crippen molar-refractivity contribution in [1.29, 1.82) is 0 Å². The molecule has 124 valence electrons. The Kier molecular flexibility index (Phi) is 3.21. The second kappa shape index (κ2) is 5.17. The summed E-state index contributed by atoms with van der Waals surface area (Å²) in [6.07, 6.45) is 1.78. The summed E-state index contributed by atoms with van der Waals surface area (Å²) in [5.74, 6) is -0.280. The van der Waals surface area contributed by atoms with Gasteiger partial charge in [-0.3, -0.25) is 14.2 Å². The first-order valence-corrected chi connectivity index (χ1v) is 7.86. The van der Waals surface area contributed by atoms with Crippen molar-refractivity contribution in [2.24, 2.45) is 7.05 Å². The first-order chi connectivity index (χ1) is 11.5.